The number of nitrogens with zero attached hydrogens (tertiary/aromatic N) is 1. The lowest BCUT2D eigenvalue weighted by atomic mass is 9.71. The number of rotatable bonds is 3. The Balaban J connectivity index is 2.03. The van der Waals surface area contributed by atoms with Gasteiger partial charge < -0.3 is 10.0 Å². The molecule has 0 bridgehead atoms. The lowest BCUT2D eigenvalue weighted by Crippen LogP contribution is -2.46. The molecule has 114 valence electrons. The number of likely N-dealkylation sites (tertiary alicyclic amines) is 1. The molecule has 4 nitrogen and oxygen atoms in total. The molecule has 0 aromatic rings. The zero-order valence-corrected chi connectivity index (χ0v) is 12.8. The lowest BCUT2D eigenvalue weighted by Gasteiger charge is -2.40. The van der Waals surface area contributed by atoms with Gasteiger partial charge in [0.05, 0.1) is 5.41 Å². The van der Waals surface area contributed by atoms with Crippen LogP contribution in [0, 0.1) is 10.8 Å². The van der Waals surface area contributed by atoms with Crippen molar-refractivity contribution in [1.29, 1.82) is 0 Å². The molecular weight excluding hydrogens is 254 g/mol. The summed E-state index contributed by atoms with van der Waals surface area (Å²) in [4.78, 5) is 26.1. The highest BCUT2D eigenvalue weighted by molar-refractivity contribution is 5.85. The van der Waals surface area contributed by atoms with Gasteiger partial charge >= 0.3 is 5.97 Å². The van der Waals surface area contributed by atoms with E-state index in [9.17, 15) is 14.7 Å². The number of carboxylic acid groups (broad SMARTS) is 1. The molecule has 1 heterocycles. The van der Waals surface area contributed by atoms with Crippen LogP contribution >= 0.6 is 0 Å². The Morgan fingerprint density at radius 1 is 1.05 bits per heavy atom. The number of hydrogen-bond donors (Lipinski definition) is 1. The summed E-state index contributed by atoms with van der Waals surface area (Å²) >= 11 is 0. The molecule has 0 spiro atoms. The average molecular weight is 281 g/mol. The highest BCUT2D eigenvalue weighted by atomic mass is 16.4. The average Bonchev–Trinajstić information content (AvgIpc) is 2.38. The first-order valence-corrected chi connectivity index (χ1v) is 7.86. The second-order valence-corrected chi connectivity index (χ2v) is 7.41. The lowest BCUT2D eigenvalue weighted by molar-refractivity contribution is -0.156. The summed E-state index contributed by atoms with van der Waals surface area (Å²) in [6.45, 7) is 5.92. The van der Waals surface area contributed by atoms with Crippen molar-refractivity contribution in [2.45, 2.75) is 65.2 Å². The predicted octanol–water partition coefficient (Wildman–Crippen LogP) is 3.06. The van der Waals surface area contributed by atoms with E-state index in [0.29, 0.717) is 12.8 Å². The zero-order valence-electron chi connectivity index (χ0n) is 12.8. The normalized spacial score (nSPS) is 25.2. The number of amides is 1. The Morgan fingerprint density at radius 2 is 1.70 bits per heavy atom. The summed E-state index contributed by atoms with van der Waals surface area (Å²) in [6, 6.07) is 0. The maximum absolute atomic E-state index is 12.5. The molecule has 0 atom stereocenters. The Morgan fingerprint density at radius 3 is 2.25 bits per heavy atom. The van der Waals surface area contributed by atoms with Gasteiger partial charge in [0.2, 0.25) is 5.91 Å². The van der Waals surface area contributed by atoms with Crippen molar-refractivity contribution in [3.63, 3.8) is 0 Å². The van der Waals surface area contributed by atoms with Crippen LogP contribution in [0.5, 0.6) is 0 Å². The van der Waals surface area contributed by atoms with E-state index in [1.807, 2.05) is 4.90 Å². The van der Waals surface area contributed by atoms with Crippen LogP contribution in [-0.4, -0.2) is 35.0 Å². The maximum Gasteiger partial charge on any atom is 0.310 e. The molecule has 4 heteroatoms. The number of aliphatic carboxylic acids is 1. The van der Waals surface area contributed by atoms with Crippen molar-refractivity contribution >= 4 is 11.9 Å². The quantitative estimate of drug-likeness (QED) is 0.865. The van der Waals surface area contributed by atoms with Crippen molar-refractivity contribution in [3.8, 4) is 0 Å². The third-order valence-corrected chi connectivity index (χ3v) is 5.01. The van der Waals surface area contributed by atoms with Crippen LogP contribution in [0.25, 0.3) is 0 Å². The van der Waals surface area contributed by atoms with Gasteiger partial charge in [-0.05, 0) is 31.1 Å². The highest BCUT2D eigenvalue weighted by Crippen LogP contribution is 2.40. The van der Waals surface area contributed by atoms with Crippen molar-refractivity contribution in [2.24, 2.45) is 10.8 Å². The molecule has 0 radical (unpaired) electrons. The second-order valence-electron chi connectivity index (χ2n) is 7.41. The molecule has 0 aromatic heterocycles. The van der Waals surface area contributed by atoms with Crippen molar-refractivity contribution in [2.75, 3.05) is 13.1 Å². The summed E-state index contributed by atoms with van der Waals surface area (Å²) < 4.78 is 0. The number of hydrogen-bond acceptors (Lipinski definition) is 2. The Labute approximate surface area is 121 Å². The van der Waals surface area contributed by atoms with Crippen LogP contribution in [-0.2, 0) is 9.59 Å². The van der Waals surface area contributed by atoms with Gasteiger partial charge in [-0.1, -0.05) is 33.1 Å². The molecule has 2 rings (SSSR count). The van der Waals surface area contributed by atoms with Crippen molar-refractivity contribution in [1.82, 2.24) is 4.90 Å². The van der Waals surface area contributed by atoms with E-state index in [0.717, 1.165) is 45.2 Å². The number of carboxylic acids is 1. The minimum absolute atomic E-state index is 0.0436. The molecule has 1 N–H and O–H groups in total. The van der Waals surface area contributed by atoms with E-state index in [2.05, 4.69) is 13.8 Å². The largest absolute Gasteiger partial charge is 0.481 e. The first-order valence-electron chi connectivity index (χ1n) is 7.86. The van der Waals surface area contributed by atoms with Crippen LogP contribution in [0.2, 0.25) is 0 Å². The summed E-state index contributed by atoms with van der Waals surface area (Å²) in [6.07, 6.45) is 6.64. The van der Waals surface area contributed by atoms with Gasteiger partial charge in [-0.15, -0.1) is 0 Å². The van der Waals surface area contributed by atoms with Gasteiger partial charge in [-0.3, -0.25) is 9.59 Å². The fourth-order valence-corrected chi connectivity index (χ4v) is 3.73. The van der Waals surface area contributed by atoms with Gasteiger partial charge in [0.25, 0.3) is 0 Å². The molecule has 1 saturated heterocycles. The third kappa shape index (κ3) is 3.33. The minimum atomic E-state index is -0.795. The van der Waals surface area contributed by atoms with E-state index in [1.165, 1.54) is 0 Å². The predicted molar refractivity (Wildman–Crippen MR) is 77.4 cm³/mol. The standard InChI is InChI=1S/C16H27NO3/c1-15(2)7-6-10-17(12-15)13(18)11-16(14(19)20)8-4-3-5-9-16/h3-12H2,1-2H3,(H,19,20). The topological polar surface area (TPSA) is 57.6 Å². The van der Waals surface area contributed by atoms with Crippen molar-refractivity contribution < 1.29 is 14.7 Å². The fraction of sp³-hybridized carbons (Fsp3) is 0.875. The Bertz CT molecular complexity index is 383. The van der Waals surface area contributed by atoms with E-state index in [4.69, 9.17) is 0 Å². The van der Waals surface area contributed by atoms with E-state index in [1.54, 1.807) is 0 Å². The van der Waals surface area contributed by atoms with Crippen LogP contribution < -0.4 is 0 Å². The van der Waals surface area contributed by atoms with Gasteiger partial charge in [0, 0.05) is 19.5 Å². The number of carbonyl (C=O) groups is 2. The molecular formula is C16H27NO3. The zero-order chi connectivity index (χ0) is 14.8. The smallest absolute Gasteiger partial charge is 0.310 e. The van der Waals surface area contributed by atoms with E-state index < -0.39 is 11.4 Å². The SMILES string of the molecule is CC1(C)CCCN(C(=O)CC2(C(=O)O)CCCCC2)C1. The molecule has 1 amide bonds. The number of piperidine rings is 1. The third-order valence-electron chi connectivity index (χ3n) is 5.01. The fourth-order valence-electron chi connectivity index (χ4n) is 3.73. The van der Waals surface area contributed by atoms with Crippen LogP contribution in [0.1, 0.15) is 65.2 Å². The summed E-state index contributed by atoms with van der Waals surface area (Å²) in [7, 11) is 0. The van der Waals surface area contributed by atoms with Crippen LogP contribution in [0.3, 0.4) is 0 Å². The Hall–Kier alpha value is -1.06. The van der Waals surface area contributed by atoms with Gasteiger partial charge in [-0.2, -0.15) is 0 Å². The molecule has 2 aliphatic rings. The first kappa shape index (κ1) is 15.3. The van der Waals surface area contributed by atoms with E-state index >= 15 is 0 Å². The molecule has 0 unspecified atom stereocenters. The second kappa shape index (κ2) is 5.74. The maximum atomic E-state index is 12.5. The van der Waals surface area contributed by atoms with E-state index in [-0.39, 0.29) is 17.7 Å². The molecule has 1 saturated carbocycles. The summed E-state index contributed by atoms with van der Waals surface area (Å²) in [5, 5.41) is 9.57. The molecule has 20 heavy (non-hydrogen) atoms. The highest BCUT2D eigenvalue weighted by Gasteiger charge is 2.43. The summed E-state index contributed by atoms with van der Waals surface area (Å²) in [5.41, 5.74) is -0.631. The van der Waals surface area contributed by atoms with Crippen LogP contribution in [0.15, 0.2) is 0 Å². The molecule has 1 aliphatic heterocycles. The minimum Gasteiger partial charge on any atom is -0.481 e. The van der Waals surface area contributed by atoms with Crippen molar-refractivity contribution in [3.05, 3.63) is 0 Å². The van der Waals surface area contributed by atoms with Crippen LogP contribution in [0.4, 0.5) is 0 Å². The summed E-state index contributed by atoms with van der Waals surface area (Å²) in [5.74, 6) is -0.733. The van der Waals surface area contributed by atoms with Gasteiger partial charge in [0.15, 0.2) is 0 Å². The number of carbonyl (C=O) groups excluding carboxylic acids is 1. The molecule has 0 aromatic carbocycles. The molecule has 1 aliphatic carbocycles. The monoisotopic (exact) mass is 281 g/mol. The van der Waals surface area contributed by atoms with Gasteiger partial charge in [-0.25, -0.2) is 0 Å². The van der Waals surface area contributed by atoms with Gasteiger partial charge in [0.1, 0.15) is 0 Å². The molecule has 2 fully saturated rings. The Kier molecular flexibility index (Phi) is 4.40. The first-order chi connectivity index (χ1) is 9.35.